The predicted octanol–water partition coefficient (Wildman–Crippen LogP) is 4.79. The number of nitrogens with one attached hydrogen (secondary N) is 1. The van der Waals surface area contributed by atoms with Gasteiger partial charge < -0.3 is 21.3 Å². The molecule has 5 N–H and O–H groups in total. The maximum Gasteiger partial charge on any atom is 0.123 e. The Bertz CT molecular complexity index is 702. The minimum absolute atomic E-state index is 0.359. The van der Waals surface area contributed by atoms with Crippen LogP contribution >= 0.6 is 0 Å². The number of para-hydroxylation sites is 2. The van der Waals surface area contributed by atoms with Gasteiger partial charge in [0.25, 0.3) is 0 Å². The fraction of sp³-hybridized carbons (Fsp3) is 0.500. The fourth-order valence-electron chi connectivity index (χ4n) is 3.73. The van der Waals surface area contributed by atoms with Gasteiger partial charge in [0, 0.05) is 30.3 Å². The van der Waals surface area contributed by atoms with Crippen LogP contribution in [0.15, 0.2) is 36.4 Å². The first-order valence-electron chi connectivity index (χ1n) is 10.6. The Balaban J connectivity index is 0.000000221. The van der Waals surface area contributed by atoms with E-state index in [1.54, 1.807) is 0 Å². The van der Waals surface area contributed by atoms with Crippen molar-refractivity contribution >= 4 is 0 Å². The molecule has 1 fully saturated rings. The largest absolute Gasteiger partial charge is 0.507 e. The summed E-state index contributed by atoms with van der Waals surface area (Å²) in [6.07, 6.45) is 8.39. The van der Waals surface area contributed by atoms with E-state index in [1.165, 1.54) is 32.1 Å². The molecule has 1 aliphatic carbocycles. The molecule has 1 saturated carbocycles. The van der Waals surface area contributed by atoms with Gasteiger partial charge in [0.05, 0.1) is 0 Å². The highest BCUT2D eigenvalue weighted by molar-refractivity contribution is 5.40. The zero-order valence-corrected chi connectivity index (χ0v) is 17.4. The van der Waals surface area contributed by atoms with E-state index in [-0.39, 0.29) is 0 Å². The Morgan fingerprint density at radius 2 is 1.32 bits per heavy atom. The summed E-state index contributed by atoms with van der Waals surface area (Å²) in [6, 6.07) is 12.4. The summed E-state index contributed by atoms with van der Waals surface area (Å²) in [5, 5.41) is 23.2. The zero-order valence-electron chi connectivity index (χ0n) is 17.4. The summed E-state index contributed by atoms with van der Waals surface area (Å²) >= 11 is 0. The molecule has 0 unspecified atom stereocenters. The third kappa shape index (κ3) is 6.25. The number of hydrogen-bond donors (Lipinski definition) is 4. The monoisotopic (exact) mass is 384 g/mol. The van der Waals surface area contributed by atoms with Gasteiger partial charge in [-0.2, -0.15) is 0 Å². The average molecular weight is 385 g/mol. The summed E-state index contributed by atoms with van der Waals surface area (Å²) in [5.41, 5.74) is 9.29. The smallest absolute Gasteiger partial charge is 0.123 e. The second-order valence-electron chi connectivity index (χ2n) is 7.48. The summed E-state index contributed by atoms with van der Waals surface area (Å²) in [6.45, 7) is 5.28. The van der Waals surface area contributed by atoms with E-state index in [2.05, 4.69) is 12.2 Å². The molecule has 0 bridgehead atoms. The number of aryl methyl sites for hydroxylation is 2. The van der Waals surface area contributed by atoms with Crippen molar-refractivity contribution in [2.45, 2.75) is 77.9 Å². The standard InChI is InChI=1S/C15H23NO.C9H13NO/c1-2-12-7-6-8-13(15(12)17)11-16-14-9-4-3-5-10-14;1-2-7-4-3-5-8(6-10)9(7)11/h6-8,14,16-17H,2-5,9-11H2,1H3;3-5,11H,2,6,10H2,1H3. The molecule has 0 amide bonds. The fourth-order valence-corrected chi connectivity index (χ4v) is 3.73. The Morgan fingerprint density at radius 3 is 1.86 bits per heavy atom. The summed E-state index contributed by atoms with van der Waals surface area (Å²) in [5.74, 6) is 0.843. The van der Waals surface area contributed by atoms with Crippen molar-refractivity contribution in [2.24, 2.45) is 5.73 Å². The molecule has 4 nitrogen and oxygen atoms in total. The lowest BCUT2D eigenvalue weighted by Gasteiger charge is -2.23. The number of benzene rings is 2. The van der Waals surface area contributed by atoms with Crippen LogP contribution in [0.1, 0.15) is 68.2 Å². The van der Waals surface area contributed by atoms with Gasteiger partial charge in [0.15, 0.2) is 0 Å². The minimum Gasteiger partial charge on any atom is -0.507 e. The zero-order chi connectivity index (χ0) is 20.4. The lowest BCUT2D eigenvalue weighted by Crippen LogP contribution is -2.30. The van der Waals surface area contributed by atoms with Crippen LogP contribution in [-0.4, -0.2) is 16.3 Å². The van der Waals surface area contributed by atoms with Crippen molar-refractivity contribution in [1.29, 1.82) is 0 Å². The molecule has 2 aromatic rings. The van der Waals surface area contributed by atoms with Crippen molar-refractivity contribution in [3.8, 4) is 11.5 Å². The quantitative estimate of drug-likeness (QED) is 0.577. The van der Waals surface area contributed by atoms with Crippen molar-refractivity contribution in [1.82, 2.24) is 5.32 Å². The summed E-state index contributed by atoms with van der Waals surface area (Å²) < 4.78 is 0. The van der Waals surface area contributed by atoms with Crippen molar-refractivity contribution in [2.75, 3.05) is 0 Å². The molecule has 0 atom stereocenters. The van der Waals surface area contributed by atoms with E-state index in [1.807, 2.05) is 43.3 Å². The molecular weight excluding hydrogens is 348 g/mol. The number of rotatable bonds is 6. The molecular formula is C24H36N2O2. The molecule has 0 aliphatic heterocycles. The van der Waals surface area contributed by atoms with Crippen LogP contribution in [0.4, 0.5) is 0 Å². The highest BCUT2D eigenvalue weighted by Crippen LogP contribution is 2.24. The second-order valence-corrected chi connectivity index (χ2v) is 7.48. The maximum atomic E-state index is 10.1. The molecule has 0 radical (unpaired) electrons. The number of hydrogen-bond acceptors (Lipinski definition) is 4. The molecule has 3 rings (SSSR count). The van der Waals surface area contributed by atoms with Gasteiger partial charge >= 0.3 is 0 Å². The third-order valence-corrected chi connectivity index (χ3v) is 5.57. The average Bonchev–Trinajstić information content (AvgIpc) is 2.74. The lowest BCUT2D eigenvalue weighted by molar-refractivity contribution is 0.368. The molecule has 0 saturated heterocycles. The molecule has 2 aromatic carbocycles. The van der Waals surface area contributed by atoms with Crippen LogP contribution in [0.3, 0.4) is 0 Å². The van der Waals surface area contributed by atoms with Crippen molar-refractivity contribution in [3.63, 3.8) is 0 Å². The second kappa shape index (κ2) is 11.7. The van der Waals surface area contributed by atoms with Gasteiger partial charge in [0.2, 0.25) is 0 Å². The van der Waals surface area contributed by atoms with Crippen LogP contribution in [0.2, 0.25) is 0 Å². The van der Waals surface area contributed by atoms with E-state index < -0.39 is 0 Å². The third-order valence-electron chi connectivity index (χ3n) is 5.57. The number of aromatic hydroxyl groups is 2. The minimum atomic E-state index is 0.359. The normalized spacial score (nSPS) is 14.4. The lowest BCUT2D eigenvalue weighted by atomic mass is 9.95. The Hall–Kier alpha value is -2.04. The number of phenols is 2. The van der Waals surface area contributed by atoms with Crippen molar-refractivity contribution in [3.05, 3.63) is 58.7 Å². The molecule has 0 aromatic heterocycles. The first-order valence-corrected chi connectivity index (χ1v) is 10.6. The Labute approximate surface area is 169 Å². The SMILES string of the molecule is CCc1cccc(CN)c1O.CCc1cccc(CNC2CCCCC2)c1O. The Morgan fingerprint density at radius 1 is 0.821 bits per heavy atom. The van der Waals surface area contributed by atoms with Crippen LogP contribution in [0, 0.1) is 0 Å². The summed E-state index contributed by atoms with van der Waals surface area (Å²) in [7, 11) is 0. The van der Waals surface area contributed by atoms with Crippen LogP contribution in [0.5, 0.6) is 11.5 Å². The van der Waals surface area contributed by atoms with Crippen LogP contribution < -0.4 is 11.1 Å². The van der Waals surface area contributed by atoms with E-state index >= 15 is 0 Å². The molecule has 4 heteroatoms. The van der Waals surface area contributed by atoms with Gasteiger partial charge in [-0.3, -0.25) is 0 Å². The molecule has 154 valence electrons. The van der Waals surface area contributed by atoms with Gasteiger partial charge in [-0.25, -0.2) is 0 Å². The highest BCUT2D eigenvalue weighted by atomic mass is 16.3. The maximum absolute atomic E-state index is 10.1. The molecule has 0 spiro atoms. The predicted molar refractivity (Wildman–Crippen MR) is 117 cm³/mol. The summed E-state index contributed by atoms with van der Waals surface area (Å²) in [4.78, 5) is 0. The van der Waals surface area contributed by atoms with Crippen LogP contribution in [0.25, 0.3) is 0 Å². The van der Waals surface area contributed by atoms with E-state index in [0.717, 1.165) is 41.6 Å². The van der Waals surface area contributed by atoms with Gasteiger partial charge in [-0.1, -0.05) is 69.5 Å². The van der Waals surface area contributed by atoms with Crippen LogP contribution in [-0.2, 0) is 25.9 Å². The first-order chi connectivity index (χ1) is 13.6. The topological polar surface area (TPSA) is 78.5 Å². The molecule has 0 heterocycles. The Kier molecular flexibility index (Phi) is 9.32. The van der Waals surface area contributed by atoms with Gasteiger partial charge in [-0.15, -0.1) is 0 Å². The van der Waals surface area contributed by atoms with E-state index in [4.69, 9.17) is 5.73 Å². The van der Waals surface area contributed by atoms with Gasteiger partial charge in [-0.05, 0) is 36.8 Å². The number of nitrogens with two attached hydrogens (primary N) is 1. The highest BCUT2D eigenvalue weighted by Gasteiger charge is 2.13. The van der Waals surface area contributed by atoms with E-state index in [0.29, 0.717) is 24.1 Å². The first kappa shape index (κ1) is 22.3. The molecule has 1 aliphatic rings. The van der Waals surface area contributed by atoms with Gasteiger partial charge in [0.1, 0.15) is 11.5 Å². The molecule has 28 heavy (non-hydrogen) atoms. The van der Waals surface area contributed by atoms with Crippen molar-refractivity contribution < 1.29 is 10.2 Å². The van der Waals surface area contributed by atoms with E-state index in [9.17, 15) is 10.2 Å². The number of phenolic OH excluding ortho intramolecular Hbond substituents is 2.